The maximum absolute atomic E-state index is 11.8. The summed E-state index contributed by atoms with van der Waals surface area (Å²) < 4.78 is 0. The van der Waals surface area contributed by atoms with E-state index in [1.165, 1.54) is 0 Å². The van der Waals surface area contributed by atoms with Crippen LogP contribution in [-0.4, -0.2) is 30.4 Å². The molecule has 1 aromatic carbocycles. The van der Waals surface area contributed by atoms with Gasteiger partial charge in [-0.1, -0.05) is 6.07 Å². The zero-order valence-electron chi connectivity index (χ0n) is 10.9. The van der Waals surface area contributed by atoms with Gasteiger partial charge in [0.05, 0.1) is 17.9 Å². The number of hydrogen-bond donors (Lipinski definition) is 2. The Bertz CT molecular complexity index is 402. The summed E-state index contributed by atoms with van der Waals surface area (Å²) in [7, 11) is 1.92. The smallest absolute Gasteiger partial charge is 0.238 e. The van der Waals surface area contributed by atoms with Crippen molar-refractivity contribution >= 4 is 17.3 Å². The lowest BCUT2D eigenvalue weighted by Gasteiger charge is -2.20. The number of likely N-dealkylation sites (N-methyl/N-ethyl adjacent to an activating group) is 1. The third kappa shape index (κ3) is 4.07. The van der Waals surface area contributed by atoms with Gasteiger partial charge < -0.3 is 11.1 Å². The summed E-state index contributed by atoms with van der Waals surface area (Å²) in [4.78, 5) is 13.7. The number of hydrogen-bond acceptors (Lipinski definition) is 3. The quantitative estimate of drug-likeness (QED) is 0.783. The molecule has 4 heteroatoms. The van der Waals surface area contributed by atoms with Crippen LogP contribution >= 0.6 is 0 Å². The van der Waals surface area contributed by atoms with Crippen LogP contribution in [0.1, 0.15) is 19.4 Å². The second-order valence-electron chi connectivity index (χ2n) is 4.65. The molecule has 0 aliphatic carbocycles. The van der Waals surface area contributed by atoms with E-state index in [0.717, 1.165) is 5.56 Å². The summed E-state index contributed by atoms with van der Waals surface area (Å²) in [5.74, 6) is -0.0447. The van der Waals surface area contributed by atoms with E-state index in [2.05, 4.69) is 5.32 Å². The lowest BCUT2D eigenvalue weighted by molar-refractivity contribution is -0.117. The highest BCUT2D eigenvalue weighted by molar-refractivity contribution is 5.95. The molecule has 1 rings (SSSR count). The molecule has 0 fully saturated rings. The Hall–Kier alpha value is -1.55. The number of nitrogen functional groups attached to an aromatic ring is 1. The Labute approximate surface area is 103 Å². The van der Waals surface area contributed by atoms with Gasteiger partial charge in [0.15, 0.2) is 0 Å². The molecule has 0 atom stereocenters. The van der Waals surface area contributed by atoms with E-state index < -0.39 is 0 Å². The normalized spacial score (nSPS) is 10.9. The number of carbonyl (C=O) groups is 1. The second-order valence-corrected chi connectivity index (χ2v) is 4.65. The monoisotopic (exact) mass is 235 g/mol. The Morgan fingerprint density at radius 2 is 2.12 bits per heavy atom. The molecule has 0 saturated heterocycles. The van der Waals surface area contributed by atoms with Crippen LogP contribution in [0.3, 0.4) is 0 Å². The van der Waals surface area contributed by atoms with E-state index >= 15 is 0 Å². The van der Waals surface area contributed by atoms with Gasteiger partial charge in [-0.2, -0.15) is 0 Å². The van der Waals surface area contributed by atoms with Crippen LogP contribution < -0.4 is 11.1 Å². The van der Waals surface area contributed by atoms with Gasteiger partial charge in [-0.25, -0.2) is 0 Å². The van der Waals surface area contributed by atoms with Crippen molar-refractivity contribution in [3.63, 3.8) is 0 Å². The van der Waals surface area contributed by atoms with E-state index in [1.807, 2.05) is 50.9 Å². The average molecular weight is 235 g/mol. The molecule has 0 unspecified atom stereocenters. The SMILES string of the molecule is Cc1ccc(NC(=O)CN(C)C(C)C)c(N)c1. The van der Waals surface area contributed by atoms with Gasteiger partial charge in [-0.3, -0.25) is 9.69 Å². The molecule has 0 aliphatic heterocycles. The van der Waals surface area contributed by atoms with Crippen LogP contribution in [0.25, 0.3) is 0 Å². The van der Waals surface area contributed by atoms with Gasteiger partial charge in [0.1, 0.15) is 0 Å². The number of benzene rings is 1. The zero-order valence-corrected chi connectivity index (χ0v) is 10.9. The minimum Gasteiger partial charge on any atom is -0.397 e. The number of amides is 1. The van der Waals surface area contributed by atoms with Crippen molar-refractivity contribution in [3.8, 4) is 0 Å². The Morgan fingerprint density at radius 1 is 1.47 bits per heavy atom. The van der Waals surface area contributed by atoms with Crippen molar-refractivity contribution in [2.24, 2.45) is 0 Å². The van der Waals surface area contributed by atoms with Crippen molar-refractivity contribution in [2.75, 3.05) is 24.6 Å². The summed E-state index contributed by atoms with van der Waals surface area (Å²) in [5.41, 5.74) is 8.20. The highest BCUT2D eigenvalue weighted by Gasteiger charge is 2.10. The standard InChI is InChI=1S/C13H21N3O/c1-9(2)16(4)8-13(17)15-12-6-5-10(3)7-11(12)14/h5-7,9H,8,14H2,1-4H3,(H,15,17). The Morgan fingerprint density at radius 3 is 2.65 bits per heavy atom. The predicted molar refractivity (Wildman–Crippen MR) is 72.0 cm³/mol. The summed E-state index contributed by atoms with van der Waals surface area (Å²) in [6.07, 6.45) is 0. The lowest BCUT2D eigenvalue weighted by atomic mass is 10.2. The second kappa shape index (κ2) is 5.68. The lowest BCUT2D eigenvalue weighted by Crippen LogP contribution is -2.34. The van der Waals surface area contributed by atoms with Crippen molar-refractivity contribution in [3.05, 3.63) is 23.8 Å². The molecule has 1 amide bonds. The Kier molecular flexibility index (Phi) is 4.52. The van der Waals surface area contributed by atoms with E-state index in [0.29, 0.717) is 24.0 Å². The van der Waals surface area contributed by atoms with Crippen molar-refractivity contribution in [1.29, 1.82) is 0 Å². The third-order valence-corrected chi connectivity index (χ3v) is 2.76. The fourth-order valence-corrected chi connectivity index (χ4v) is 1.39. The van der Waals surface area contributed by atoms with E-state index in [1.54, 1.807) is 0 Å². The number of aryl methyl sites for hydroxylation is 1. The van der Waals surface area contributed by atoms with Crippen LogP contribution in [-0.2, 0) is 4.79 Å². The third-order valence-electron chi connectivity index (χ3n) is 2.76. The van der Waals surface area contributed by atoms with Gasteiger partial charge >= 0.3 is 0 Å². The minimum absolute atomic E-state index is 0.0447. The molecule has 0 aliphatic rings. The highest BCUT2D eigenvalue weighted by atomic mass is 16.2. The highest BCUT2D eigenvalue weighted by Crippen LogP contribution is 2.19. The molecule has 3 N–H and O–H groups in total. The zero-order chi connectivity index (χ0) is 13.0. The molecule has 17 heavy (non-hydrogen) atoms. The van der Waals surface area contributed by atoms with Gasteiger partial charge in [0.2, 0.25) is 5.91 Å². The van der Waals surface area contributed by atoms with E-state index in [9.17, 15) is 4.79 Å². The first kappa shape index (κ1) is 13.5. The largest absolute Gasteiger partial charge is 0.397 e. The van der Waals surface area contributed by atoms with Crippen LogP contribution in [0.4, 0.5) is 11.4 Å². The maximum atomic E-state index is 11.8. The molecule has 0 radical (unpaired) electrons. The molecule has 0 spiro atoms. The first-order valence-electron chi connectivity index (χ1n) is 5.76. The van der Waals surface area contributed by atoms with E-state index in [4.69, 9.17) is 5.73 Å². The molecule has 94 valence electrons. The van der Waals surface area contributed by atoms with Crippen LogP contribution in [0.15, 0.2) is 18.2 Å². The first-order chi connectivity index (χ1) is 7.90. The molecular formula is C13H21N3O. The van der Waals surface area contributed by atoms with Crippen LogP contribution in [0, 0.1) is 6.92 Å². The van der Waals surface area contributed by atoms with E-state index in [-0.39, 0.29) is 5.91 Å². The minimum atomic E-state index is -0.0447. The fourth-order valence-electron chi connectivity index (χ4n) is 1.39. The molecular weight excluding hydrogens is 214 g/mol. The van der Waals surface area contributed by atoms with Crippen molar-refractivity contribution < 1.29 is 4.79 Å². The number of nitrogens with zero attached hydrogens (tertiary/aromatic N) is 1. The maximum Gasteiger partial charge on any atom is 0.238 e. The number of rotatable bonds is 4. The van der Waals surface area contributed by atoms with Gasteiger partial charge in [0, 0.05) is 6.04 Å². The number of nitrogens with one attached hydrogen (secondary N) is 1. The fraction of sp³-hybridized carbons (Fsp3) is 0.462. The first-order valence-corrected chi connectivity index (χ1v) is 5.76. The Balaban J connectivity index is 2.62. The topological polar surface area (TPSA) is 58.4 Å². The molecule has 1 aromatic rings. The predicted octanol–water partition coefficient (Wildman–Crippen LogP) is 1.86. The summed E-state index contributed by atoms with van der Waals surface area (Å²) in [6.45, 7) is 6.43. The van der Waals surface area contributed by atoms with Gasteiger partial charge in [-0.05, 0) is 45.5 Å². The van der Waals surface area contributed by atoms with Gasteiger partial charge in [0.25, 0.3) is 0 Å². The summed E-state index contributed by atoms with van der Waals surface area (Å²) in [6, 6.07) is 5.95. The molecule has 0 bridgehead atoms. The molecule has 0 aromatic heterocycles. The van der Waals surface area contributed by atoms with Crippen LogP contribution in [0.5, 0.6) is 0 Å². The number of nitrogens with two attached hydrogens (primary N) is 1. The number of carbonyl (C=O) groups excluding carboxylic acids is 1. The summed E-state index contributed by atoms with van der Waals surface area (Å²) in [5, 5.41) is 2.82. The average Bonchev–Trinajstić information content (AvgIpc) is 2.22. The molecule has 4 nitrogen and oxygen atoms in total. The molecule has 0 heterocycles. The van der Waals surface area contributed by atoms with Crippen molar-refractivity contribution in [1.82, 2.24) is 4.90 Å². The molecule has 0 saturated carbocycles. The summed E-state index contributed by atoms with van der Waals surface area (Å²) >= 11 is 0. The van der Waals surface area contributed by atoms with Crippen molar-refractivity contribution in [2.45, 2.75) is 26.8 Å². The van der Waals surface area contributed by atoms with Crippen LogP contribution in [0.2, 0.25) is 0 Å². The van der Waals surface area contributed by atoms with Gasteiger partial charge in [-0.15, -0.1) is 0 Å². The number of anilines is 2.